The van der Waals surface area contributed by atoms with Crippen molar-refractivity contribution in [2.75, 3.05) is 12.8 Å². The molecule has 0 spiro atoms. The van der Waals surface area contributed by atoms with Crippen molar-refractivity contribution in [3.63, 3.8) is 0 Å². The van der Waals surface area contributed by atoms with Crippen LogP contribution >= 0.6 is 0 Å². The normalized spacial score (nSPS) is 17.9. The van der Waals surface area contributed by atoms with Gasteiger partial charge in [0.05, 0.1) is 0 Å². The number of benzene rings is 1. The molecule has 19 heavy (non-hydrogen) atoms. The lowest BCUT2D eigenvalue weighted by Crippen LogP contribution is -2.30. The Labute approximate surface area is 113 Å². The molecule has 0 radical (unpaired) electrons. The van der Waals surface area contributed by atoms with Crippen LogP contribution in [0.4, 0.5) is 5.69 Å². The molecule has 1 aromatic heterocycles. The first-order chi connectivity index (χ1) is 9.28. The van der Waals surface area contributed by atoms with Crippen LogP contribution in [0.3, 0.4) is 0 Å². The molecular formula is C16H19N3. The van der Waals surface area contributed by atoms with Crippen LogP contribution < -0.4 is 11.1 Å². The molecule has 3 nitrogen and oxygen atoms in total. The van der Waals surface area contributed by atoms with Crippen molar-refractivity contribution in [1.29, 1.82) is 0 Å². The zero-order valence-corrected chi connectivity index (χ0v) is 11.1. The molecule has 1 heterocycles. The van der Waals surface area contributed by atoms with Gasteiger partial charge in [-0.2, -0.15) is 0 Å². The summed E-state index contributed by atoms with van der Waals surface area (Å²) in [6, 6.07) is 12.8. The summed E-state index contributed by atoms with van der Waals surface area (Å²) in [4.78, 5) is 4.23. The minimum absolute atomic E-state index is 0.174. The standard InChI is InChI=1S/C16H19N3/c1-18-15(13-11-19-10-7-14(13)17)16(8-9-16)12-5-3-2-4-6-12/h2-7,10-11,15,18H,8-9H2,1H3,(H2,17,19). The predicted molar refractivity (Wildman–Crippen MR) is 77.8 cm³/mol. The fourth-order valence-electron chi connectivity index (χ4n) is 3.04. The highest BCUT2D eigenvalue weighted by Gasteiger charge is 2.51. The molecule has 3 N–H and O–H groups in total. The zero-order valence-electron chi connectivity index (χ0n) is 11.1. The van der Waals surface area contributed by atoms with E-state index in [1.807, 2.05) is 19.3 Å². The third kappa shape index (κ3) is 2.00. The van der Waals surface area contributed by atoms with Crippen LogP contribution in [0.2, 0.25) is 0 Å². The first kappa shape index (κ1) is 12.2. The topological polar surface area (TPSA) is 50.9 Å². The SMILES string of the molecule is CNC(c1cnccc1N)C1(c2ccccc2)CC1. The predicted octanol–water partition coefficient (Wildman–Crippen LogP) is 2.66. The lowest BCUT2D eigenvalue weighted by atomic mass is 9.84. The molecule has 0 aliphatic heterocycles. The molecule has 2 aromatic rings. The van der Waals surface area contributed by atoms with Gasteiger partial charge in [0.1, 0.15) is 0 Å². The van der Waals surface area contributed by atoms with E-state index >= 15 is 0 Å². The third-order valence-electron chi connectivity index (χ3n) is 4.18. The van der Waals surface area contributed by atoms with Crippen molar-refractivity contribution in [2.24, 2.45) is 0 Å². The van der Waals surface area contributed by atoms with E-state index in [2.05, 4.69) is 40.6 Å². The number of hydrogen-bond acceptors (Lipinski definition) is 3. The van der Waals surface area contributed by atoms with Crippen LogP contribution in [0, 0.1) is 0 Å². The Morgan fingerprint density at radius 1 is 1.21 bits per heavy atom. The molecule has 1 atom stereocenters. The minimum Gasteiger partial charge on any atom is -0.398 e. The van der Waals surface area contributed by atoms with E-state index in [-0.39, 0.29) is 11.5 Å². The Balaban J connectivity index is 2.02. The van der Waals surface area contributed by atoms with Crippen molar-refractivity contribution >= 4 is 5.69 Å². The Hall–Kier alpha value is -1.87. The van der Waals surface area contributed by atoms with Crippen LogP contribution in [0.15, 0.2) is 48.8 Å². The second-order valence-electron chi connectivity index (χ2n) is 5.25. The number of anilines is 1. The van der Waals surface area contributed by atoms with Gasteiger partial charge >= 0.3 is 0 Å². The zero-order chi connectivity index (χ0) is 13.3. The molecule has 1 saturated carbocycles. The fraction of sp³-hybridized carbons (Fsp3) is 0.312. The van der Waals surface area contributed by atoms with Crippen molar-refractivity contribution in [3.05, 3.63) is 59.9 Å². The number of aromatic nitrogens is 1. The number of rotatable bonds is 4. The largest absolute Gasteiger partial charge is 0.398 e. The van der Waals surface area contributed by atoms with Gasteiger partial charge in [-0.1, -0.05) is 30.3 Å². The summed E-state index contributed by atoms with van der Waals surface area (Å²) in [6.45, 7) is 0. The number of nitrogens with zero attached hydrogens (tertiary/aromatic N) is 1. The van der Waals surface area contributed by atoms with E-state index in [0.717, 1.165) is 11.3 Å². The van der Waals surface area contributed by atoms with Gasteiger partial charge in [-0.25, -0.2) is 0 Å². The Bertz CT molecular complexity index is 561. The van der Waals surface area contributed by atoms with E-state index in [1.54, 1.807) is 6.20 Å². The Kier molecular flexibility index (Phi) is 2.99. The summed E-state index contributed by atoms with van der Waals surface area (Å²) in [5.74, 6) is 0. The fourth-order valence-corrected chi connectivity index (χ4v) is 3.04. The van der Waals surface area contributed by atoms with Crippen molar-refractivity contribution in [3.8, 4) is 0 Å². The summed E-state index contributed by atoms with van der Waals surface area (Å²) in [6.07, 6.45) is 6.01. The van der Waals surface area contributed by atoms with Crippen LogP contribution in [0.5, 0.6) is 0 Å². The van der Waals surface area contributed by atoms with Gasteiger partial charge in [0.25, 0.3) is 0 Å². The highest BCUT2D eigenvalue weighted by molar-refractivity contribution is 5.50. The number of hydrogen-bond donors (Lipinski definition) is 2. The van der Waals surface area contributed by atoms with Gasteiger partial charge in [-0.15, -0.1) is 0 Å². The summed E-state index contributed by atoms with van der Waals surface area (Å²) < 4.78 is 0. The quantitative estimate of drug-likeness (QED) is 0.880. The molecule has 3 heteroatoms. The van der Waals surface area contributed by atoms with Crippen LogP contribution in [-0.4, -0.2) is 12.0 Å². The summed E-state index contributed by atoms with van der Waals surface area (Å²) in [7, 11) is 2.00. The molecule has 1 aliphatic rings. The Morgan fingerprint density at radius 3 is 2.53 bits per heavy atom. The average Bonchev–Trinajstić information content (AvgIpc) is 3.24. The molecule has 98 valence electrons. The molecular weight excluding hydrogens is 234 g/mol. The maximum Gasteiger partial charge on any atom is 0.0451 e. The van der Waals surface area contributed by atoms with E-state index in [4.69, 9.17) is 5.73 Å². The maximum absolute atomic E-state index is 6.12. The van der Waals surface area contributed by atoms with Crippen LogP contribution in [-0.2, 0) is 5.41 Å². The van der Waals surface area contributed by atoms with Crippen LogP contribution in [0.1, 0.15) is 30.0 Å². The number of likely N-dealkylation sites (N-methyl/N-ethyl adjacent to an activating group) is 1. The number of nitrogens with one attached hydrogen (secondary N) is 1. The molecule has 0 bridgehead atoms. The lowest BCUT2D eigenvalue weighted by Gasteiger charge is -2.28. The van der Waals surface area contributed by atoms with Gasteiger partial charge in [0.15, 0.2) is 0 Å². The van der Waals surface area contributed by atoms with E-state index < -0.39 is 0 Å². The number of nitrogens with two attached hydrogens (primary N) is 1. The monoisotopic (exact) mass is 253 g/mol. The molecule has 1 aliphatic carbocycles. The van der Waals surface area contributed by atoms with E-state index in [0.29, 0.717) is 0 Å². The second-order valence-corrected chi connectivity index (χ2v) is 5.25. The summed E-state index contributed by atoms with van der Waals surface area (Å²) >= 11 is 0. The first-order valence-corrected chi connectivity index (χ1v) is 6.70. The van der Waals surface area contributed by atoms with Crippen molar-refractivity contribution in [1.82, 2.24) is 10.3 Å². The van der Waals surface area contributed by atoms with Gasteiger partial charge < -0.3 is 11.1 Å². The van der Waals surface area contributed by atoms with Crippen molar-refractivity contribution < 1.29 is 0 Å². The maximum atomic E-state index is 6.12. The summed E-state index contributed by atoms with van der Waals surface area (Å²) in [5, 5.41) is 3.44. The first-order valence-electron chi connectivity index (χ1n) is 6.70. The van der Waals surface area contributed by atoms with E-state index in [9.17, 15) is 0 Å². The molecule has 1 aromatic carbocycles. The molecule has 1 fully saturated rings. The van der Waals surface area contributed by atoms with Crippen molar-refractivity contribution in [2.45, 2.75) is 24.3 Å². The highest BCUT2D eigenvalue weighted by atomic mass is 14.9. The van der Waals surface area contributed by atoms with E-state index in [1.165, 1.54) is 18.4 Å². The molecule has 3 rings (SSSR count). The van der Waals surface area contributed by atoms with Crippen LogP contribution in [0.25, 0.3) is 0 Å². The number of nitrogen functional groups attached to an aromatic ring is 1. The molecule has 1 unspecified atom stereocenters. The van der Waals surface area contributed by atoms with Gasteiger partial charge in [0.2, 0.25) is 0 Å². The second kappa shape index (κ2) is 4.67. The molecule has 0 amide bonds. The lowest BCUT2D eigenvalue weighted by molar-refractivity contribution is 0.463. The minimum atomic E-state index is 0.174. The third-order valence-corrected chi connectivity index (χ3v) is 4.18. The van der Waals surface area contributed by atoms with Gasteiger partial charge in [-0.05, 0) is 31.5 Å². The average molecular weight is 253 g/mol. The number of pyridine rings is 1. The molecule has 0 saturated heterocycles. The smallest absolute Gasteiger partial charge is 0.0451 e. The summed E-state index contributed by atoms with van der Waals surface area (Å²) in [5.41, 5.74) is 9.60. The highest BCUT2D eigenvalue weighted by Crippen LogP contribution is 2.56. The van der Waals surface area contributed by atoms with Gasteiger partial charge in [0, 0.05) is 35.1 Å². The van der Waals surface area contributed by atoms with Gasteiger partial charge in [-0.3, -0.25) is 4.98 Å². The Morgan fingerprint density at radius 2 is 1.95 bits per heavy atom.